The Hall–Kier alpha value is -5.00. The van der Waals surface area contributed by atoms with Crippen molar-refractivity contribution in [3.05, 3.63) is 69.3 Å². The Bertz CT molecular complexity index is 1850. The standard InChI is InChI=1S/C30H26N4O8.Mn/c1-4-40-28(37)24-17-9-7-15(31-17)23(27(35)36)16-8-10-18(32-16)25(29(38)41-5-2)20-12-14-22(34-20)26(30(39)42-6-3)21-13-11-19(24)33-21;/h7-14H,4-6H2,1-3H3,(H3,31,32,33,34,35,36,37,38,39);/q;+3/p-2. The maximum Gasteiger partial charge on any atom is 3.00 e. The van der Waals surface area contributed by atoms with Crippen LogP contribution in [0, 0.1) is 0 Å². The molecular formula is C30H24MnN4O8+. The Morgan fingerprint density at radius 3 is 1.14 bits per heavy atom. The number of esters is 3. The van der Waals surface area contributed by atoms with Gasteiger partial charge in [-0.05, 0) is 45.1 Å². The van der Waals surface area contributed by atoms with Crippen LogP contribution >= 0.6 is 0 Å². The first-order valence-electron chi connectivity index (χ1n) is 13.1. The first-order valence-corrected chi connectivity index (χ1v) is 13.1. The van der Waals surface area contributed by atoms with Gasteiger partial charge in [0, 0.05) is 0 Å². The number of rotatable bonds is 7. The molecule has 0 aromatic carbocycles. The number of hydrogen-bond donors (Lipinski definition) is 1. The predicted octanol–water partition coefficient (Wildman–Crippen LogP) is 4.14. The number of carboxylic acid groups (broad SMARTS) is 1. The summed E-state index contributed by atoms with van der Waals surface area (Å²) in [6.07, 6.45) is 5.94. The zero-order valence-corrected chi connectivity index (χ0v) is 24.4. The second-order valence-electron chi connectivity index (χ2n) is 8.83. The van der Waals surface area contributed by atoms with E-state index in [1.54, 1.807) is 20.8 Å². The Morgan fingerprint density at radius 2 is 0.860 bits per heavy atom. The Morgan fingerprint density at radius 1 is 0.581 bits per heavy atom. The number of carboxylic acids is 1. The molecule has 5 heterocycles. The van der Waals surface area contributed by atoms with Crippen LogP contribution in [0.5, 0.6) is 0 Å². The van der Waals surface area contributed by atoms with Crippen LogP contribution in [-0.2, 0) is 31.3 Å². The van der Waals surface area contributed by atoms with E-state index in [0.717, 1.165) is 0 Å². The molecule has 43 heavy (non-hydrogen) atoms. The molecule has 13 heteroatoms. The minimum atomic E-state index is -1.32. The quantitative estimate of drug-likeness (QED) is 0.156. The van der Waals surface area contributed by atoms with Crippen molar-refractivity contribution >= 4 is 70.2 Å². The molecular weight excluding hydrogens is 599 g/mol. The Labute approximate surface area is 255 Å². The molecule has 2 aliphatic heterocycles. The Balaban J connectivity index is 0.00000423. The van der Waals surface area contributed by atoms with Crippen molar-refractivity contribution in [2.24, 2.45) is 0 Å². The third-order valence-electron chi connectivity index (χ3n) is 6.26. The monoisotopic (exact) mass is 623 g/mol. The van der Waals surface area contributed by atoms with E-state index in [0.29, 0.717) is 0 Å². The molecule has 2 aliphatic rings. The molecule has 5 rings (SSSR count). The van der Waals surface area contributed by atoms with Gasteiger partial charge in [-0.2, -0.15) is 0 Å². The minimum absolute atomic E-state index is 0. The van der Waals surface area contributed by atoms with Crippen LogP contribution in [0.2, 0.25) is 0 Å². The number of aromatic carboxylic acids is 1. The number of carbonyl (C=O) groups excluding carboxylic acids is 3. The van der Waals surface area contributed by atoms with E-state index in [1.165, 1.54) is 48.6 Å². The van der Waals surface area contributed by atoms with E-state index in [9.17, 15) is 24.3 Å². The molecule has 0 fully saturated rings. The van der Waals surface area contributed by atoms with Crippen LogP contribution in [-0.4, -0.2) is 58.8 Å². The molecule has 8 bridgehead atoms. The van der Waals surface area contributed by atoms with Crippen molar-refractivity contribution in [1.29, 1.82) is 0 Å². The molecule has 3 aromatic heterocycles. The average Bonchev–Trinajstić information content (AvgIpc) is 3.75. The zero-order valence-electron chi connectivity index (χ0n) is 23.2. The van der Waals surface area contributed by atoms with E-state index >= 15 is 0 Å². The van der Waals surface area contributed by atoms with E-state index in [1.807, 2.05) is 0 Å². The molecule has 1 N–H and O–H groups in total. The topological polar surface area (TPSA) is 170 Å². The van der Waals surface area contributed by atoms with Crippen LogP contribution < -0.4 is 9.97 Å². The van der Waals surface area contributed by atoms with Gasteiger partial charge in [0.25, 0.3) is 0 Å². The van der Waals surface area contributed by atoms with Crippen molar-refractivity contribution in [3.8, 4) is 0 Å². The SMILES string of the molecule is CCOC(=O)c1c2nc(c(C(=O)OCC)c3ccc([n-]3)c(C(=O)OCC)c3nc(c(C(=O)O)c4ccc1[n-]4)C=C3)C=C2.[Mn+3]. The third-order valence-corrected chi connectivity index (χ3v) is 6.26. The van der Waals surface area contributed by atoms with Crippen LogP contribution in [0.4, 0.5) is 0 Å². The van der Waals surface area contributed by atoms with Crippen LogP contribution in [0.25, 0.3) is 46.4 Å². The fraction of sp³-hybridized carbons (Fsp3) is 0.200. The largest absolute Gasteiger partial charge is 3.00 e. The van der Waals surface area contributed by atoms with Crippen molar-refractivity contribution < 1.29 is 55.6 Å². The summed E-state index contributed by atoms with van der Waals surface area (Å²) in [5, 5.41) is 10.1. The van der Waals surface area contributed by atoms with Gasteiger partial charge in [0.1, 0.15) is 0 Å². The van der Waals surface area contributed by atoms with Crippen molar-refractivity contribution in [3.63, 3.8) is 0 Å². The average molecular weight is 623 g/mol. The summed E-state index contributed by atoms with van der Waals surface area (Å²) in [5.74, 6) is -3.51. The maximum absolute atomic E-state index is 13.2. The molecule has 0 aliphatic carbocycles. The maximum atomic E-state index is 13.2. The first kappa shape index (κ1) is 30.9. The second-order valence-corrected chi connectivity index (χ2v) is 8.83. The fourth-order valence-corrected chi connectivity index (χ4v) is 4.54. The molecule has 0 amide bonds. The van der Waals surface area contributed by atoms with Gasteiger partial charge < -0.3 is 29.3 Å². The summed E-state index contributed by atoms with van der Waals surface area (Å²) in [6.45, 7) is 5.15. The number of carbonyl (C=O) groups is 4. The number of fused-ring (bicyclic) bond motifs is 8. The second kappa shape index (κ2) is 12.9. The van der Waals surface area contributed by atoms with Crippen molar-refractivity contribution in [1.82, 2.24) is 19.9 Å². The van der Waals surface area contributed by atoms with E-state index in [4.69, 9.17) is 14.2 Å². The van der Waals surface area contributed by atoms with E-state index in [-0.39, 0.29) is 104 Å². The molecule has 0 saturated carbocycles. The minimum Gasteiger partial charge on any atom is -0.656 e. The molecule has 0 unspecified atom stereocenters. The van der Waals surface area contributed by atoms with E-state index < -0.39 is 23.9 Å². The molecule has 0 spiro atoms. The molecule has 218 valence electrons. The summed E-state index contributed by atoms with van der Waals surface area (Å²) in [5.41, 5.74) is 0.525. The fourth-order valence-electron chi connectivity index (χ4n) is 4.54. The smallest absolute Gasteiger partial charge is 0.656 e. The summed E-state index contributed by atoms with van der Waals surface area (Å²) < 4.78 is 15.8. The van der Waals surface area contributed by atoms with Gasteiger partial charge in [-0.25, -0.2) is 29.1 Å². The van der Waals surface area contributed by atoms with Crippen LogP contribution in [0.15, 0.2) is 24.3 Å². The van der Waals surface area contributed by atoms with Gasteiger partial charge in [-0.15, -0.1) is 22.1 Å². The molecule has 3 aromatic rings. The van der Waals surface area contributed by atoms with Gasteiger partial charge in [0.2, 0.25) is 0 Å². The van der Waals surface area contributed by atoms with Crippen LogP contribution in [0.1, 0.15) is 85.0 Å². The summed E-state index contributed by atoms with van der Waals surface area (Å²) in [7, 11) is 0. The zero-order chi connectivity index (χ0) is 30.0. The van der Waals surface area contributed by atoms with Crippen molar-refractivity contribution in [2.75, 3.05) is 19.8 Å². The van der Waals surface area contributed by atoms with Crippen molar-refractivity contribution in [2.45, 2.75) is 20.8 Å². The van der Waals surface area contributed by atoms with Gasteiger partial charge in [-0.1, -0.05) is 24.3 Å². The first-order chi connectivity index (χ1) is 20.3. The Kier molecular flexibility index (Phi) is 9.27. The van der Waals surface area contributed by atoms with E-state index in [2.05, 4.69) is 19.9 Å². The summed E-state index contributed by atoms with van der Waals surface area (Å²) in [4.78, 5) is 69.7. The normalized spacial score (nSPS) is 11.5. The van der Waals surface area contributed by atoms with Gasteiger partial charge in [0.15, 0.2) is 0 Å². The molecule has 0 atom stereocenters. The number of aromatic nitrogens is 4. The van der Waals surface area contributed by atoms with Crippen LogP contribution in [0.3, 0.4) is 0 Å². The van der Waals surface area contributed by atoms with Gasteiger partial charge in [-0.3, -0.25) is 0 Å². The summed E-state index contributed by atoms with van der Waals surface area (Å²) in [6, 6.07) is 5.94. The van der Waals surface area contributed by atoms with Gasteiger partial charge >= 0.3 is 40.9 Å². The number of hydrogen-bond acceptors (Lipinski definition) is 9. The van der Waals surface area contributed by atoms with Gasteiger partial charge in [0.05, 0.1) is 64.9 Å². The third kappa shape index (κ3) is 5.85. The predicted molar refractivity (Wildman–Crippen MR) is 152 cm³/mol. The molecule has 0 saturated heterocycles. The summed E-state index contributed by atoms with van der Waals surface area (Å²) >= 11 is 0. The molecule has 0 radical (unpaired) electrons. The number of nitrogens with zero attached hydrogens (tertiary/aromatic N) is 4. The number of ether oxygens (including phenoxy) is 3. The molecule has 12 nitrogen and oxygen atoms in total.